The van der Waals surface area contributed by atoms with Crippen LogP contribution in [0.3, 0.4) is 0 Å². The van der Waals surface area contributed by atoms with E-state index in [9.17, 15) is 9.59 Å². The number of hydrogen-bond donors (Lipinski definition) is 1. The number of nitrogens with one attached hydrogen (secondary N) is 1. The predicted octanol–water partition coefficient (Wildman–Crippen LogP) is 3.12. The summed E-state index contributed by atoms with van der Waals surface area (Å²) >= 11 is 1.58. The van der Waals surface area contributed by atoms with Gasteiger partial charge in [0.25, 0.3) is 5.91 Å². The van der Waals surface area contributed by atoms with E-state index in [4.69, 9.17) is 14.2 Å². The van der Waals surface area contributed by atoms with E-state index in [1.165, 1.54) is 9.91 Å². The van der Waals surface area contributed by atoms with Crippen molar-refractivity contribution in [2.24, 2.45) is 5.10 Å². The molecule has 33 heavy (non-hydrogen) atoms. The van der Waals surface area contributed by atoms with Gasteiger partial charge in [-0.3, -0.25) is 4.79 Å². The molecule has 2 heterocycles. The molecule has 1 aromatic carbocycles. The molecule has 1 atom stereocenters. The van der Waals surface area contributed by atoms with Gasteiger partial charge < -0.3 is 24.4 Å². The minimum Gasteiger partial charge on any atom is -0.493 e. The fraction of sp³-hybridized carbons (Fsp3) is 0.435. The number of hydrazone groups is 1. The van der Waals surface area contributed by atoms with Crippen LogP contribution in [-0.2, 0) is 9.53 Å². The van der Waals surface area contributed by atoms with Gasteiger partial charge in [-0.15, -0.1) is 11.3 Å². The predicted molar refractivity (Wildman–Crippen MR) is 127 cm³/mol. The fourth-order valence-electron chi connectivity index (χ4n) is 3.60. The molecule has 0 spiro atoms. The quantitative estimate of drug-likeness (QED) is 0.571. The highest BCUT2D eigenvalue weighted by atomic mass is 32.1. The fourth-order valence-corrected chi connectivity index (χ4v) is 4.33. The third kappa shape index (κ3) is 5.82. The first-order chi connectivity index (χ1) is 16.0. The highest BCUT2D eigenvalue weighted by Crippen LogP contribution is 2.37. The smallest absolute Gasteiger partial charge is 0.317 e. The lowest BCUT2D eigenvalue weighted by Gasteiger charge is -2.27. The van der Waals surface area contributed by atoms with Gasteiger partial charge in [0.05, 0.1) is 37.5 Å². The molecule has 0 aliphatic carbocycles. The maximum absolute atomic E-state index is 13.4. The maximum Gasteiger partial charge on any atom is 0.317 e. The van der Waals surface area contributed by atoms with Crippen molar-refractivity contribution in [1.29, 1.82) is 0 Å². The molecule has 1 aliphatic heterocycles. The van der Waals surface area contributed by atoms with E-state index >= 15 is 0 Å². The van der Waals surface area contributed by atoms with Crippen molar-refractivity contribution in [3.8, 4) is 11.5 Å². The Morgan fingerprint density at radius 2 is 2.00 bits per heavy atom. The summed E-state index contributed by atoms with van der Waals surface area (Å²) in [5, 5.41) is 10.9. The summed E-state index contributed by atoms with van der Waals surface area (Å²) in [6, 6.07) is 8.90. The van der Waals surface area contributed by atoms with Crippen molar-refractivity contribution in [2.45, 2.75) is 19.4 Å². The first-order valence-electron chi connectivity index (χ1n) is 10.7. The Kier molecular flexibility index (Phi) is 8.67. The van der Waals surface area contributed by atoms with Gasteiger partial charge in [-0.1, -0.05) is 12.1 Å². The SMILES string of the molecule is CCNC(=O)N(CCOC)CC(=O)N1N=C(c2cccs2)CC1c1ccc(OC)c(OC)c1. The molecule has 0 radical (unpaired) electrons. The van der Waals surface area contributed by atoms with E-state index in [0.29, 0.717) is 37.6 Å². The molecule has 0 bridgehead atoms. The molecule has 0 saturated heterocycles. The summed E-state index contributed by atoms with van der Waals surface area (Å²) < 4.78 is 15.9. The Bertz CT molecular complexity index is 979. The third-order valence-corrected chi connectivity index (χ3v) is 6.19. The zero-order chi connectivity index (χ0) is 23.8. The average molecular weight is 475 g/mol. The van der Waals surface area contributed by atoms with Crippen molar-refractivity contribution in [3.05, 3.63) is 46.2 Å². The summed E-state index contributed by atoms with van der Waals surface area (Å²) in [7, 11) is 4.71. The molecule has 1 N–H and O–H groups in total. The lowest BCUT2D eigenvalue weighted by atomic mass is 10.0. The van der Waals surface area contributed by atoms with Crippen molar-refractivity contribution in [2.75, 3.05) is 47.6 Å². The van der Waals surface area contributed by atoms with Gasteiger partial charge in [-0.25, -0.2) is 9.80 Å². The Morgan fingerprint density at radius 3 is 2.64 bits per heavy atom. The highest BCUT2D eigenvalue weighted by molar-refractivity contribution is 7.12. The van der Waals surface area contributed by atoms with Crippen molar-refractivity contribution in [1.82, 2.24) is 15.2 Å². The second kappa shape index (κ2) is 11.7. The van der Waals surface area contributed by atoms with E-state index in [0.717, 1.165) is 16.2 Å². The Morgan fingerprint density at radius 1 is 1.21 bits per heavy atom. The van der Waals surface area contributed by atoms with Crippen LogP contribution in [0.25, 0.3) is 0 Å². The second-order valence-electron chi connectivity index (χ2n) is 7.35. The van der Waals surface area contributed by atoms with Gasteiger partial charge in [0.2, 0.25) is 0 Å². The number of nitrogens with zero attached hydrogens (tertiary/aromatic N) is 3. The van der Waals surface area contributed by atoms with Crippen molar-refractivity contribution in [3.63, 3.8) is 0 Å². The molecule has 9 nitrogen and oxygen atoms in total. The van der Waals surface area contributed by atoms with Crippen molar-refractivity contribution >= 4 is 29.0 Å². The summed E-state index contributed by atoms with van der Waals surface area (Å²) in [5.41, 5.74) is 1.71. The van der Waals surface area contributed by atoms with Crippen LogP contribution < -0.4 is 14.8 Å². The van der Waals surface area contributed by atoms with E-state index in [1.807, 2.05) is 42.6 Å². The Hall–Kier alpha value is -3.11. The number of carbonyl (C=O) groups is 2. The van der Waals surface area contributed by atoms with Gasteiger partial charge in [-0.05, 0) is 36.1 Å². The zero-order valence-electron chi connectivity index (χ0n) is 19.4. The second-order valence-corrected chi connectivity index (χ2v) is 8.29. The first-order valence-corrected chi connectivity index (χ1v) is 11.6. The van der Waals surface area contributed by atoms with Crippen LogP contribution in [0.1, 0.15) is 29.8 Å². The number of hydrogen-bond acceptors (Lipinski definition) is 7. The van der Waals surface area contributed by atoms with Crippen LogP contribution in [0.5, 0.6) is 11.5 Å². The van der Waals surface area contributed by atoms with Gasteiger partial charge in [0.1, 0.15) is 6.54 Å². The molecule has 1 aliphatic rings. The van der Waals surface area contributed by atoms with Crippen molar-refractivity contribution < 1.29 is 23.8 Å². The number of carbonyl (C=O) groups excluding carboxylic acids is 2. The molecular weight excluding hydrogens is 444 g/mol. The van der Waals surface area contributed by atoms with E-state index < -0.39 is 0 Å². The molecule has 178 valence electrons. The number of amides is 3. The lowest BCUT2D eigenvalue weighted by Crippen LogP contribution is -2.47. The molecule has 1 unspecified atom stereocenters. The summed E-state index contributed by atoms with van der Waals surface area (Å²) in [5.74, 6) is 0.915. The molecule has 10 heteroatoms. The number of rotatable bonds is 10. The van der Waals surface area contributed by atoms with Crippen LogP contribution in [0.4, 0.5) is 4.79 Å². The summed E-state index contributed by atoms with van der Waals surface area (Å²) in [6.45, 7) is 2.81. The summed E-state index contributed by atoms with van der Waals surface area (Å²) in [6.07, 6.45) is 0.557. The van der Waals surface area contributed by atoms with Gasteiger partial charge in [0.15, 0.2) is 11.5 Å². The number of benzene rings is 1. The number of methoxy groups -OCH3 is 3. The topological polar surface area (TPSA) is 92.7 Å². The average Bonchev–Trinajstić information content (AvgIpc) is 3.51. The van der Waals surface area contributed by atoms with Gasteiger partial charge in [-0.2, -0.15) is 5.10 Å². The molecular formula is C23H30N4O5S. The van der Waals surface area contributed by atoms with E-state index in [-0.39, 0.29) is 24.5 Å². The van der Waals surface area contributed by atoms with Crippen LogP contribution in [0, 0.1) is 0 Å². The maximum atomic E-state index is 13.4. The van der Waals surface area contributed by atoms with Crippen LogP contribution >= 0.6 is 11.3 Å². The minimum atomic E-state index is -0.326. The normalized spacial score (nSPS) is 15.2. The largest absolute Gasteiger partial charge is 0.493 e. The zero-order valence-corrected chi connectivity index (χ0v) is 20.2. The van der Waals surface area contributed by atoms with Crippen LogP contribution in [-0.4, -0.2) is 75.1 Å². The van der Waals surface area contributed by atoms with Gasteiger partial charge >= 0.3 is 6.03 Å². The Balaban J connectivity index is 1.90. The standard InChI is InChI=1S/C23H30N4O5S/c1-5-24-23(29)26(10-11-30-2)15-22(28)27-18(14-17(25-27)21-7-6-12-33-21)16-8-9-19(31-3)20(13-16)32-4/h6-9,12-13,18H,5,10-11,14-15H2,1-4H3,(H,24,29). The molecule has 0 saturated carbocycles. The Labute approximate surface area is 197 Å². The number of urea groups is 1. The van der Waals surface area contributed by atoms with Gasteiger partial charge in [0, 0.05) is 26.6 Å². The van der Waals surface area contributed by atoms with Crippen LogP contribution in [0.15, 0.2) is 40.8 Å². The van der Waals surface area contributed by atoms with E-state index in [1.54, 1.807) is 32.7 Å². The molecule has 0 fully saturated rings. The highest BCUT2D eigenvalue weighted by Gasteiger charge is 2.35. The number of thiophene rings is 1. The third-order valence-electron chi connectivity index (χ3n) is 5.27. The first kappa shape index (κ1) is 24.5. The van der Waals surface area contributed by atoms with Crippen LogP contribution in [0.2, 0.25) is 0 Å². The lowest BCUT2D eigenvalue weighted by molar-refractivity contribution is -0.133. The number of ether oxygens (including phenoxy) is 3. The summed E-state index contributed by atoms with van der Waals surface area (Å²) in [4.78, 5) is 28.3. The van der Waals surface area contributed by atoms with E-state index in [2.05, 4.69) is 10.4 Å². The molecule has 1 aromatic heterocycles. The molecule has 2 aromatic rings. The molecule has 3 amide bonds. The minimum absolute atomic E-state index is 0.111. The monoisotopic (exact) mass is 474 g/mol. The molecule has 3 rings (SSSR count).